The van der Waals surface area contributed by atoms with Crippen LogP contribution in [0.4, 0.5) is 0 Å². The number of carbonyl (C=O) groups excluding carboxylic acids is 5. The van der Waals surface area contributed by atoms with Crippen molar-refractivity contribution in [2.75, 3.05) is 25.1 Å². The van der Waals surface area contributed by atoms with Crippen LogP contribution < -0.4 is 27.4 Å². The number of hydrogen-bond donors (Lipinski definition) is 6. The van der Waals surface area contributed by atoms with Crippen molar-refractivity contribution in [1.82, 2.24) is 20.9 Å². The molecule has 0 unspecified atom stereocenters. The van der Waals surface area contributed by atoms with E-state index in [-0.39, 0.29) is 30.1 Å². The molecule has 2 aromatic rings. The van der Waals surface area contributed by atoms with Crippen molar-refractivity contribution < 1.29 is 29.1 Å². The van der Waals surface area contributed by atoms with Crippen LogP contribution in [-0.4, -0.2) is 88.8 Å². The third kappa shape index (κ3) is 9.63. The maximum Gasteiger partial charge on any atom is 0.243 e. The molecule has 0 aliphatic carbocycles. The first-order valence-electron chi connectivity index (χ1n) is 13.6. The van der Waals surface area contributed by atoms with Gasteiger partial charge in [-0.15, -0.1) is 0 Å². The number of aromatic hydroxyl groups is 1. The van der Waals surface area contributed by atoms with Crippen LogP contribution in [0, 0.1) is 13.8 Å². The Balaban J connectivity index is 1.77. The number of nitrogens with two attached hydrogens (primary N) is 2. The van der Waals surface area contributed by atoms with E-state index in [4.69, 9.17) is 11.5 Å². The smallest absolute Gasteiger partial charge is 0.243 e. The summed E-state index contributed by atoms with van der Waals surface area (Å²) in [6, 6.07) is 8.24. The number of nitrogens with zero attached hydrogens (tertiary/aromatic N) is 1. The summed E-state index contributed by atoms with van der Waals surface area (Å²) in [5.41, 5.74) is 15.0. The number of carbonyl (C=O) groups is 5. The molecule has 2 aromatic carbocycles. The Morgan fingerprint density at radius 1 is 1.07 bits per heavy atom. The van der Waals surface area contributed by atoms with Crippen LogP contribution in [0.2, 0.25) is 0 Å². The van der Waals surface area contributed by atoms with Gasteiger partial charge in [0.2, 0.25) is 29.5 Å². The van der Waals surface area contributed by atoms with Crippen molar-refractivity contribution in [3.63, 3.8) is 0 Å². The van der Waals surface area contributed by atoms with Crippen LogP contribution in [0.3, 0.4) is 0 Å². The van der Waals surface area contributed by atoms with Gasteiger partial charge in [-0.25, -0.2) is 0 Å². The van der Waals surface area contributed by atoms with Crippen molar-refractivity contribution in [2.45, 2.75) is 50.9 Å². The fourth-order valence-corrected chi connectivity index (χ4v) is 6.93. The third-order valence-electron chi connectivity index (χ3n) is 7.14. The molecule has 8 N–H and O–H groups in total. The van der Waals surface area contributed by atoms with Crippen LogP contribution in [0.5, 0.6) is 5.75 Å². The fourth-order valence-electron chi connectivity index (χ4n) is 4.59. The lowest BCUT2D eigenvalue weighted by molar-refractivity contribution is -0.140. The number of benzene rings is 2. The van der Waals surface area contributed by atoms with Crippen LogP contribution in [0.1, 0.15) is 22.3 Å². The molecular formula is C29H38N6O6S2. The molecule has 43 heavy (non-hydrogen) atoms. The van der Waals surface area contributed by atoms with Gasteiger partial charge in [0.1, 0.15) is 23.9 Å². The van der Waals surface area contributed by atoms with Gasteiger partial charge >= 0.3 is 0 Å². The van der Waals surface area contributed by atoms with Gasteiger partial charge in [0, 0.05) is 25.0 Å². The van der Waals surface area contributed by atoms with Crippen molar-refractivity contribution in [2.24, 2.45) is 11.5 Å². The molecule has 1 saturated heterocycles. The zero-order valence-corrected chi connectivity index (χ0v) is 25.9. The molecule has 1 fully saturated rings. The van der Waals surface area contributed by atoms with E-state index in [2.05, 4.69) is 16.0 Å². The van der Waals surface area contributed by atoms with Crippen molar-refractivity contribution in [3.05, 3.63) is 64.7 Å². The fraction of sp³-hybridized carbons (Fsp3) is 0.414. The number of hydrogen-bond acceptors (Lipinski definition) is 9. The Morgan fingerprint density at radius 2 is 1.70 bits per heavy atom. The molecule has 1 aliphatic heterocycles. The number of amides is 5. The monoisotopic (exact) mass is 630 g/mol. The van der Waals surface area contributed by atoms with E-state index in [0.29, 0.717) is 0 Å². The number of rotatable bonds is 7. The quantitative estimate of drug-likeness (QED) is 0.227. The molecule has 5 amide bonds. The Hall–Kier alpha value is -3.75. The lowest BCUT2D eigenvalue weighted by atomic mass is 9.96. The van der Waals surface area contributed by atoms with E-state index >= 15 is 0 Å². The van der Waals surface area contributed by atoms with E-state index < -0.39 is 60.2 Å². The van der Waals surface area contributed by atoms with Gasteiger partial charge in [-0.2, -0.15) is 0 Å². The number of primary amides is 1. The summed E-state index contributed by atoms with van der Waals surface area (Å²) < 4.78 is 0. The van der Waals surface area contributed by atoms with Gasteiger partial charge in [-0.3, -0.25) is 24.0 Å². The maximum absolute atomic E-state index is 13.3. The van der Waals surface area contributed by atoms with Crippen LogP contribution in [-0.2, 0) is 36.8 Å². The van der Waals surface area contributed by atoms with Gasteiger partial charge in [-0.05, 0) is 54.7 Å². The van der Waals surface area contributed by atoms with Crippen molar-refractivity contribution in [3.8, 4) is 5.75 Å². The summed E-state index contributed by atoms with van der Waals surface area (Å²) >= 11 is 0. The third-order valence-corrected chi connectivity index (χ3v) is 9.56. The van der Waals surface area contributed by atoms with E-state index in [0.717, 1.165) is 22.3 Å². The zero-order valence-electron chi connectivity index (χ0n) is 24.3. The molecule has 12 nitrogen and oxygen atoms in total. The summed E-state index contributed by atoms with van der Waals surface area (Å²) in [5.74, 6) is -2.68. The standard InChI is InChI=1S/C29H38N6O6S2/c1-16-9-19(36)10-17(2)20(16)12-21(30)27(39)34-23-15-43-42-14-22(26(31)38)33-29(41)24(11-18-7-5-4-6-8-18)35(3)25(37)13-32-28(23)40/h4-10,21-24,36H,11-15,30H2,1-3H3,(H2,31,38)(H,32,40)(H,33,41)(H,34,39)/t21-,22+,23+,24-/m0/s1. The Labute approximate surface area is 258 Å². The predicted octanol–water partition coefficient (Wildman–Crippen LogP) is -0.0854. The van der Waals surface area contributed by atoms with Crippen molar-refractivity contribution >= 4 is 51.1 Å². The SMILES string of the molecule is Cc1cc(O)cc(C)c1C[C@H](N)C(=O)N[C@@H]1CSSC[C@H](C(N)=O)NC(=O)[C@H](Cc2ccccc2)N(C)C(=O)CNC1=O. The minimum absolute atomic E-state index is 0.0896. The largest absolute Gasteiger partial charge is 0.508 e. The highest BCUT2D eigenvalue weighted by Gasteiger charge is 2.32. The number of phenolic OH excluding ortho intramolecular Hbond substituents is 1. The van der Waals surface area contributed by atoms with E-state index in [9.17, 15) is 29.1 Å². The highest BCUT2D eigenvalue weighted by Crippen LogP contribution is 2.24. The first-order chi connectivity index (χ1) is 20.4. The average molecular weight is 631 g/mol. The normalized spacial score (nSPS) is 21.3. The van der Waals surface area contributed by atoms with Crippen LogP contribution >= 0.6 is 21.6 Å². The highest BCUT2D eigenvalue weighted by atomic mass is 33.1. The summed E-state index contributed by atoms with van der Waals surface area (Å²) in [6.07, 6.45) is 0.360. The molecular weight excluding hydrogens is 592 g/mol. The molecule has 14 heteroatoms. The molecule has 0 bridgehead atoms. The lowest BCUT2D eigenvalue weighted by Crippen LogP contribution is -2.57. The Kier molecular flexibility index (Phi) is 12.3. The van der Waals surface area contributed by atoms with Gasteiger partial charge in [0.05, 0.1) is 12.6 Å². The zero-order chi connectivity index (χ0) is 31.7. The van der Waals surface area contributed by atoms with Gasteiger partial charge in [-0.1, -0.05) is 51.9 Å². The molecule has 0 radical (unpaired) electrons. The first kappa shape index (κ1) is 33.7. The summed E-state index contributed by atoms with van der Waals surface area (Å²) in [6.45, 7) is 3.20. The Morgan fingerprint density at radius 3 is 2.33 bits per heavy atom. The second-order valence-corrected chi connectivity index (χ2v) is 12.9. The maximum atomic E-state index is 13.3. The molecule has 4 atom stereocenters. The van der Waals surface area contributed by atoms with Crippen molar-refractivity contribution in [1.29, 1.82) is 0 Å². The summed E-state index contributed by atoms with van der Waals surface area (Å²) in [7, 11) is 3.86. The first-order valence-corrected chi connectivity index (χ1v) is 16.1. The van der Waals surface area contributed by atoms with E-state index in [1.807, 2.05) is 44.2 Å². The number of phenols is 1. The second-order valence-electron chi connectivity index (χ2n) is 10.4. The highest BCUT2D eigenvalue weighted by molar-refractivity contribution is 8.76. The second kappa shape index (κ2) is 15.6. The molecule has 0 saturated carbocycles. The van der Waals surface area contributed by atoms with E-state index in [1.54, 1.807) is 12.1 Å². The number of aryl methyl sites for hydroxylation is 2. The number of likely N-dealkylation sites (N-methyl/N-ethyl adjacent to an activating group) is 1. The Bertz CT molecular complexity index is 1320. The molecule has 1 heterocycles. The molecule has 0 spiro atoms. The molecule has 0 aromatic heterocycles. The topological polar surface area (TPSA) is 197 Å². The molecule has 232 valence electrons. The minimum Gasteiger partial charge on any atom is -0.508 e. The van der Waals surface area contributed by atoms with Crippen LogP contribution in [0.15, 0.2) is 42.5 Å². The lowest BCUT2D eigenvalue weighted by Gasteiger charge is -2.30. The summed E-state index contributed by atoms with van der Waals surface area (Å²) in [5, 5.41) is 17.7. The minimum atomic E-state index is -1.04. The van der Waals surface area contributed by atoms with Crippen LogP contribution in [0.25, 0.3) is 0 Å². The van der Waals surface area contributed by atoms with Gasteiger partial charge in [0.25, 0.3) is 0 Å². The van der Waals surface area contributed by atoms with Gasteiger partial charge < -0.3 is 37.4 Å². The molecule has 1 aliphatic rings. The number of nitrogens with one attached hydrogen (secondary N) is 3. The van der Waals surface area contributed by atoms with Gasteiger partial charge in [0.15, 0.2) is 0 Å². The van der Waals surface area contributed by atoms with E-state index in [1.165, 1.54) is 33.5 Å². The summed E-state index contributed by atoms with van der Waals surface area (Å²) in [4.78, 5) is 66.0. The molecule has 3 rings (SSSR count). The average Bonchev–Trinajstić information content (AvgIpc) is 2.96. The predicted molar refractivity (Wildman–Crippen MR) is 167 cm³/mol.